The number of amides is 3. The van der Waals surface area contributed by atoms with E-state index in [9.17, 15) is 14.4 Å². The summed E-state index contributed by atoms with van der Waals surface area (Å²) < 4.78 is 1.61. The van der Waals surface area contributed by atoms with Gasteiger partial charge in [-0.1, -0.05) is 37.2 Å². The van der Waals surface area contributed by atoms with Gasteiger partial charge in [0.2, 0.25) is 5.91 Å². The average Bonchev–Trinajstić information content (AvgIpc) is 2.59. The summed E-state index contributed by atoms with van der Waals surface area (Å²) >= 11 is 1.15. The number of unbranched alkanes of at least 4 members (excludes halogenated alkanes) is 1. The van der Waals surface area contributed by atoms with Gasteiger partial charge in [0, 0.05) is 13.1 Å². The largest absolute Gasteiger partial charge is 0.338 e. The van der Waals surface area contributed by atoms with E-state index < -0.39 is 11.9 Å². The van der Waals surface area contributed by atoms with E-state index in [0.29, 0.717) is 29.1 Å². The molecule has 0 radical (unpaired) electrons. The van der Waals surface area contributed by atoms with Gasteiger partial charge < -0.3 is 5.32 Å². The van der Waals surface area contributed by atoms with Gasteiger partial charge in [0.05, 0.1) is 16.7 Å². The van der Waals surface area contributed by atoms with Gasteiger partial charge in [-0.3, -0.25) is 19.5 Å². The van der Waals surface area contributed by atoms with Crippen molar-refractivity contribution >= 4 is 34.6 Å². The third-order valence-electron chi connectivity index (χ3n) is 3.48. The van der Waals surface area contributed by atoms with Crippen LogP contribution < -0.4 is 16.2 Å². The molecule has 1 aromatic heterocycles. The molecule has 0 aliphatic rings. The maximum absolute atomic E-state index is 12.7. The molecule has 1 heterocycles. The van der Waals surface area contributed by atoms with Crippen LogP contribution in [0.4, 0.5) is 4.79 Å². The number of imide groups is 1. The van der Waals surface area contributed by atoms with Crippen LogP contribution >= 0.6 is 11.8 Å². The molecule has 0 bridgehead atoms. The van der Waals surface area contributed by atoms with E-state index in [-0.39, 0.29) is 11.3 Å². The minimum Gasteiger partial charge on any atom is -0.338 e. The molecule has 0 aliphatic heterocycles. The van der Waals surface area contributed by atoms with Gasteiger partial charge in [0.25, 0.3) is 5.56 Å². The Morgan fingerprint density at radius 3 is 2.72 bits per heavy atom. The molecule has 3 amide bonds. The maximum Gasteiger partial charge on any atom is 0.321 e. The van der Waals surface area contributed by atoms with Crippen LogP contribution in [0.15, 0.2) is 34.2 Å². The van der Waals surface area contributed by atoms with Gasteiger partial charge in [-0.25, -0.2) is 9.78 Å². The van der Waals surface area contributed by atoms with E-state index >= 15 is 0 Å². The van der Waals surface area contributed by atoms with E-state index in [4.69, 9.17) is 0 Å². The third kappa shape index (κ3) is 5.06. The molecular formula is C17H22N4O3S. The number of aromatic nitrogens is 2. The summed E-state index contributed by atoms with van der Waals surface area (Å²) in [6.45, 7) is 4.80. The Labute approximate surface area is 150 Å². The highest BCUT2D eigenvalue weighted by molar-refractivity contribution is 7.99. The van der Waals surface area contributed by atoms with Crippen molar-refractivity contribution in [2.24, 2.45) is 0 Å². The Hall–Kier alpha value is -2.35. The van der Waals surface area contributed by atoms with Gasteiger partial charge in [0.1, 0.15) is 0 Å². The van der Waals surface area contributed by atoms with Crippen LogP contribution in [0.3, 0.4) is 0 Å². The van der Waals surface area contributed by atoms with E-state index in [1.54, 1.807) is 23.6 Å². The lowest BCUT2D eigenvalue weighted by molar-refractivity contribution is -0.117. The van der Waals surface area contributed by atoms with Crippen LogP contribution in [0.2, 0.25) is 0 Å². The maximum atomic E-state index is 12.7. The van der Waals surface area contributed by atoms with Crippen molar-refractivity contribution in [1.29, 1.82) is 0 Å². The van der Waals surface area contributed by atoms with Gasteiger partial charge in [0.15, 0.2) is 5.16 Å². The lowest BCUT2D eigenvalue weighted by Crippen LogP contribution is -2.40. The minimum absolute atomic E-state index is 0.00798. The molecule has 1 aromatic carbocycles. The van der Waals surface area contributed by atoms with Crippen molar-refractivity contribution in [1.82, 2.24) is 20.2 Å². The molecule has 2 aromatic rings. The summed E-state index contributed by atoms with van der Waals surface area (Å²) in [5.41, 5.74) is 0.498. The van der Waals surface area contributed by atoms with Crippen molar-refractivity contribution < 1.29 is 9.59 Å². The molecule has 2 rings (SSSR count). The SMILES string of the molecule is CCCCn1c(SCC(=O)NC(=O)NCC)nc2ccccc2c1=O. The van der Waals surface area contributed by atoms with Crippen molar-refractivity contribution in [2.45, 2.75) is 38.4 Å². The molecule has 0 saturated carbocycles. The first-order valence-corrected chi connectivity index (χ1v) is 9.25. The van der Waals surface area contributed by atoms with Crippen molar-refractivity contribution in [2.75, 3.05) is 12.3 Å². The second-order valence-electron chi connectivity index (χ2n) is 5.42. The number of fused-ring (bicyclic) bond motifs is 1. The predicted octanol–water partition coefficient (Wildman–Crippen LogP) is 2.13. The minimum atomic E-state index is -0.525. The van der Waals surface area contributed by atoms with Crippen molar-refractivity contribution in [3.05, 3.63) is 34.6 Å². The summed E-state index contributed by atoms with van der Waals surface area (Å²) in [5.74, 6) is -0.422. The molecule has 0 spiro atoms. The van der Waals surface area contributed by atoms with Crippen LogP contribution in [0.25, 0.3) is 10.9 Å². The molecule has 0 atom stereocenters. The highest BCUT2D eigenvalue weighted by Crippen LogP contribution is 2.18. The molecule has 0 unspecified atom stereocenters. The number of para-hydroxylation sites is 1. The topological polar surface area (TPSA) is 93.1 Å². The first kappa shape index (κ1) is 19.0. The molecule has 0 fully saturated rings. The fourth-order valence-corrected chi connectivity index (χ4v) is 3.09. The summed E-state index contributed by atoms with van der Waals surface area (Å²) in [6, 6.07) is 6.63. The summed E-state index contributed by atoms with van der Waals surface area (Å²) in [5, 5.41) is 5.79. The number of urea groups is 1. The normalized spacial score (nSPS) is 10.6. The van der Waals surface area contributed by atoms with Crippen molar-refractivity contribution in [3.8, 4) is 0 Å². The molecule has 134 valence electrons. The number of hydrogen-bond acceptors (Lipinski definition) is 5. The number of nitrogens with zero attached hydrogens (tertiary/aromatic N) is 2. The Morgan fingerprint density at radius 1 is 1.24 bits per heavy atom. The van der Waals surface area contributed by atoms with E-state index in [1.165, 1.54) is 0 Å². The number of carbonyl (C=O) groups excluding carboxylic acids is 2. The van der Waals surface area contributed by atoms with Crippen LogP contribution in [0, 0.1) is 0 Å². The van der Waals surface area contributed by atoms with Crippen LogP contribution in [-0.2, 0) is 11.3 Å². The van der Waals surface area contributed by atoms with Gasteiger partial charge in [-0.05, 0) is 25.5 Å². The Morgan fingerprint density at radius 2 is 2.00 bits per heavy atom. The van der Waals surface area contributed by atoms with Gasteiger partial charge >= 0.3 is 6.03 Å². The highest BCUT2D eigenvalue weighted by Gasteiger charge is 2.14. The number of nitrogens with one attached hydrogen (secondary N) is 2. The molecule has 8 heteroatoms. The highest BCUT2D eigenvalue weighted by atomic mass is 32.2. The van der Waals surface area contributed by atoms with Gasteiger partial charge in [-0.2, -0.15) is 0 Å². The Balaban J connectivity index is 2.22. The number of benzene rings is 1. The molecule has 0 aliphatic carbocycles. The van der Waals surface area contributed by atoms with Crippen LogP contribution in [0.5, 0.6) is 0 Å². The summed E-state index contributed by atoms with van der Waals surface area (Å²) in [4.78, 5) is 40.5. The molecule has 7 nitrogen and oxygen atoms in total. The van der Waals surface area contributed by atoms with Crippen LogP contribution in [-0.4, -0.2) is 33.8 Å². The van der Waals surface area contributed by atoms with Crippen LogP contribution in [0.1, 0.15) is 26.7 Å². The third-order valence-corrected chi connectivity index (χ3v) is 4.46. The molecule has 25 heavy (non-hydrogen) atoms. The zero-order valence-electron chi connectivity index (χ0n) is 14.4. The van der Waals surface area contributed by atoms with Crippen molar-refractivity contribution in [3.63, 3.8) is 0 Å². The second-order valence-corrected chi connectivity index (χ2v) is 6.36. The van der Waals surface area contributed by atoms with E-state index in [1.807, 2.05) is 19.1 Å². The smallest absolute Gasteiger partial charge is 0.321 e. The fourth-order valence-electron chi connectivity index (χ4n) is 2.27. The standard InChI is InChI=1S/C17H22N4O3S/c1-3-5-10-21-15(23)12-8-6-7-9-13(12)19-17(21)25-11-14(22)20-16(24)18-4-2/h6-9H,3-5,10-11H2,1-2H3,(H2,18,20,22,24). The lowest BCUT2D eigenvalue weighted by atomic mass is 10.2. The summed E-state index contributed by atoms with van der Waals surface area (Å²) in [7, 11) is 0. The zero-order chi connectivity index (χ0) is 18.2. The Bertz CT molecular complexity index is 819. The second kappa shape index (κ2) is 9.22. The Kier molecular flexibility index (Phi) is 7.00. The number of thioether (sulfide) groups is 1. The monoisotopic (exact) mass is 362 g/mol. The predicted molar refractivity (Wildman–Crippen MR) is 98.9 cm³/mol. The first-order chi connectivity index (χ1) is 12.1. The van der Waals surface area contributed by atoms with E-state index in [2.05, 4.69) is 15.6 Å². The summed E-state index contributed by atoms with van der Waals surface area (Å²) in [6.07, 6.45) is 1.79. The average molecular weight is 362 g/mol. The lowest BCUT2D eigenvalue weighted by Gasteiger charge is -2.12. The first-order valence-electron chi connectivity index (χ1n) is 8.26. The fraction of sp³-hybridized carbons (Fsp3) is 0.412. The van der Waals surface area contributed by atoms with Gasteiger partial charge in [-0.15, -0.1) is 0 Å². The zero-order valence-corrected chi connectivity index (χ0v) is 15.2. The molecular weight excluding hydrogens is 340 g/mol. The number of rotatable bonds is 7. The molecule has 2 N–H and O–H groups in total. The van der Waals surface area contributed by atoms with E-state index in [0.717, 1.165) is 24.6 Å². The number of carbonyl (C=O) groups is 2. The molecule has 0 saturated heterocycles. The number of hydrogen-bond donors (Lipinski definition) is 2. The quantitative estimate of drug-likeness (QED) is 0.581.